The van der Waals surface area contributed by atoms with Crippen LogP contribution in [0, 0.1) is 0 Å². The van der Waals surface area contributed by atoms with Crippen LogP contribution in [-0.2, 0) is 20.3 Å². The number of rotatable bonds is 5. The number of carbonyl (C=O) groups is 1. The van der Waals surface area contributed by atoms with Crippen LogP contribution in [0.3, 0.4) is 0 Å². The maximum atomic E-state index is 12.1. The van der Waals surface area contributed by atoms with Crippen LogP contribution < -0.4 is 4.74 Å². The second kappa shape index (κ2) is 5.61. The molecule has 0 N–H and O–H groups in total. The SMILES string of the molecule is COc1ccc(S(=O)(=O)Cl)cc1CC(=O)N(C)C1CC1. The highest BCUT2D eigenvalue weighted by Crippen LogP contribution is 2.28. The lowest BCUT2D eigenvalue weighted by molar-refractivity contribution is -0.129. The maximum absolute atomic E-state index is 12.1. The van der Waals surface area contributed by atoms with Crippen molar-refractivity contribution in [3.05, 3.63) is 23.8 Å². The van der Waals surface area contributed by atoms with Crippen LogP contribution in [0.4, 0.5) is 0 Å². The van der Waals surface area contributed by atoms with Gasteiger partial charge < -0.3 is 9.64 Å². The van der Waals surface area contributed by atoms with Crippen molar-refractivity contribution < 1.29 is 17.9 Å². The molecule has 0 atom stereocenters. The second-order valence-corrected chi connectivity index (χ2v) is 7.39. The van der Waals surface area contributed by atoms with Gasteiger partial charge in [0.2, 0.25) is 5.91 Å². The third-order valence-corrected chi connectivity index (χ3v) is 4.71. The molecule has 1 aliphatic rings. The number of benzene rings is 1. The maximum Gasteiger partial charge on any atom is 0.261 e. The second-order valence-electron chi connectivity index (χ2n) is 4.82. The number of nitrogens with zero attached hydrogens (tertiary/aromatic N) is 1. The summed E-state index contributed by atoms with van der Waals surface area (Å²) in [5.41, 5.74) is 0.520. The van der Waals surface area contributed by atoms with E-state index in [1.54, 1.807) is 11.9 Å². The molecule has 0 aliphatic heterocycles. The quantitative estimate of drug-likeness (QED) is 0.777. The zero-order chi connectivity index (χ0) is 14.9. The fourth-order valence-electron chi connectivity index (χ4n) is 2.00. The fourth-order valence-corrected chi connectivity index (χ4v) is 2.80. The molecule has 0 heterocycles. The molecule has 1 aromatic carbocycles. The number of carbonyl (C=O) groups excluding carboxylic acids is 1. The summed E-state index contributed by atoms with van der Waals surface area (Å²) in [6, 6.07) is 4.57. The molecule has 5 nitrogen and oxygen atoms in total. The Balaban J connectivity index is 2.26. The van der Waals surface area contributed by atoms with Crippen LogP contribution in [0.1, 0.15) is 18.4 Å². The Labute approximate surface area is 122 Å². The van der Waals surface area contributed by atoms with Gasteiger partial charge >= 0.3 is 0 Å². The third kappa shape index (κ3) is 3.43. The Morgan fingerprint density at radius 1 is 1.45 bits per heavy atom. The average Bonchev–Trinajstić information content (AvgIpc) is 3.20. The van der Waals surface area contributed by atoms with E-state index in [4.69, 9.17) is 15.4 Å². The van der Waals surface area contributed by atoms with Crippen molar-refractivity contribution in [3.8, 4) is 5.75 Å². The van der Waals surface area contributed by atoms with E-state index in [1.165, 1.54) is 25.3 Å². The molecule has 2 rings (SSSR count). The van der Waals surface area contributed by atoms with Crippen LogP contribution in [0.25, 0.3) is 0 Å². The van der Waals surface area contributed by atoms with Crippen molar-refractivity contribution in [2.45, 2.75) is 30.2 Å². The summed E-state index contributed by atoms with van der Waals surface area (Å²) in [6.45, 7) is 0. The average molecular weight is 318 g/mol. The van der Waals surface area contributed by atoms with Gasteiger partial charge in [0.1, 0.15) is 5.75 Å². The molecule has 1 aliphatic carbocycles. The molecule has 0 spiro atoms. The molecule has 1 amide bonds. The summed E-state index contributed by atoms with van der Waals surface area (Å²) >= 11 is 0. The van der Waals surface area contributed by atoms with E-state index in [0.717, 1.165) is 12.8 Å². The number of ether oxygens (including phenoxy) is 1. The Morgan fingerprint density at radius 2 is 2.10 bits per heavy atom. The molecule has 110 valence electrons. The van der Waals surface area contributed by atoms with Crippen LogP contribution >= 0.6 is 10.7 Å². The molecular formula is C13H16ClNO4S. The minimum Gasteiger partial charge on any atom is -0.496 e. The number of methoxy groups -OCH3 is 1. The Hall–Kier alpha value is -1.27. The summed E-state index contributed by atoms with van der Waals surface area (Å²) in [5.74, 6) is 0.418. The highest BCUT2D eigenvalue weighted by molar-refractivity contribution is 8.13. The van der Waals surface area contributed by atoms with Gasteiger partial charge in [-0.1, -0.05) is 0 Å². The highest BCUT2D eigenvalue weighted by atomic mass is 35.7. The van der Waals surface area contributed by atoms with Crippen molar-refractivity contribution in [2.75, 3.05) is 14.2 Å². The number of halogens is 1. The fraction of sp³-hybridized carbons (Fsp3) is 0.462. The van der Waals surface area contributed by atoms with E-state index < -0.39 is 9.05 Å². The first kappa shape index (κ1) is 15.1. The van der Waals surface area contributed by atoms with E-state index >= 15 is 0 Å². The monoisotopic (exact) mass is 317 g/mol. The van der Waals surface area contributed by atoms with Gasteiger partial charge in [0.05, 0.1) is 18.4 Å². The normalized spacial score (nSPS) is 14.9. The molecule has 0 aromatic heterocycles. The van der Waals surface area contributed by atoms with Gasteiger partial charge in [-0.15, -0.1) is 0 Å². The van der Waals surface area contributed by atoms with Crippen molar-refractivity contribution in [1.29, 1.82) is 0 Å². The summed E-state index contributed by atoms with van der Waals surface area (Å²) in [4.78, 5) is 13.8. The first-order valence-electron chi connectivity index (χ1n) is 6.20. The lowest BCUT2D eigenvalue weighted by atomic mass is 10.1. The molecule has 0 unspecified atom stereocenters. The lowest BCUT2D eigenvalue weighted by Gasteiger charge is -2.17. The zero-order valence-electron chi connectivity index (χ0n) is 11.3. The standard InChI is InChI=1S/C13H16ClNO4S/c1-15(10-3-4-10)13(16)8-9-7-11(20(14,17)18)5-6-12(9)19-2/h5-7,10H,3-4,8H2,1-2H3. The molecular weight excluding hydrogens is 302 g/mol. The molecule has 7 heteroatoms. The van der Waals surface area contributed by atoms with Crippen LogP contribution in [0.2, 0.25) is 0 Å². The van der Waals surface area contributed by atoms with E-state index in [0.29, 0.717) is 17.4 Å². The molecule has 1 aromatic rings. The molecule has 0 bridgehead atoms. The van der Waals surface area contributed by atoms with Crippen molar-refractivity contribution in [2.24, 2.45) is 0 Å². The number of amides is 1. The summed E-state index contributed by atoms with van der Waals surface area (Å²) < 4.78 is 27.9. The number of hydrogen-bond acceptors (Lipinski definition) is 4. The van der Waals surface area contributed by atoms with Gasteiger partial charge in [0.25, 0.3) is 9.05 Å². The molecule has 1 saturated carbocycles. The Morgan fingerprint density at radius 3 is 2.60 bits per heavy atom. The van der Waals surface area contributed by atoms with E-state index in [1.807, 2.05) is 0 Å². The minimum absolute atomic E-state index is 0.0307. The summed E-state index contributed by atoms with van der Waals surface area (Å²) in [6.07, 6.45) is 2.14. The van der Waals surface area contributed by atoms with Crippen molar-refractivity contribution in [3.63, 3.8) is 0 Å². The van der Waals surface area contributed by atoms with Gasteiger partial charge in [-0.3, -0.25) is 4.79 Å². The topological polar surface area (TPSA) is 63.7 Å². The van der Waals surface area contributed by atoms with Crippen LogP contribution in [0.15, 0.2) is 23.1 Å². The number of likely N-dealkylation sites (N-methyl/N-ethyl adjacent to an activating group) is 1. The van der Waals surface area contributed by atoms with E-state index in [9.17, 15) is 13.2 Å². The summed E-state index contributed by atoms with van der Waals surface area (Å²) in [7, 11) is 4.74. The lowest BCUT2D eigenvalue weighted by Crippen LogP contribution is -2.30. The van der Waals surface area contributed by atoms with Gasteiger partial charge in [-0.05, 0) is 31.0 Å². The van der Waals surface area contributed by atoms with Crippen molar-refractivity contribution >= 4 is 25.6 Å². The molecule has 0 saturated heterocycles. The van der Waals surface area contributed by atoms with Gasteiger partial charge in [-0.2, -0.15) is 0 Å². The Bertz CT molecular complexity index is 625. The summed E-state index contributed by atoms with van der Waals surface area (Å²) in [5, 5.41) is 0. The molecule has 20 heavy (non-hydrogen) atoms. The third-order valence-electron chi connectivity index (χ3n) is 3.36. The highest BCUT2D eigenvalue weighted by Gasteiger charge is 2.29. The first-order chi connectivity index (χ1) is 9.32. The molecule has 0 radical (unpaired) electrons. The predicted molar refractivity (Wildman–Crippen MR) is 75.5 cm³/mol. The minimum atomic E-state index is -3.82. The van der Waals surface area contributed by atoms with Crippen molar-refractivity contribution in [1.82, 2.24) is 4.90 Å². The predicted octanol–water partition coefficient (Wildman–Crippen LogP) is 1.79. The van der Waals surface area contributed by atoms with Gasteiger partial charge in [0.15, 0.2) is 0 Å². The van der Waals surface area contributed by atoms with Gasteiger partial charge in [0, 0.05) is 29.3 Å². The van der Waals surface area contributed by atoms with Crippen LogP contribution in [0.5, 0.6) is 5.75 Å². The number of hydrogen-bond donors (Lipinski definition) is 0. The Kier molecular flexibility index (Phi) is 4.25. The molecule has 1 fully saturated rings. The van der Waals surface area contributed by atoms with E-state index in [-0.39, 0.29) is 17.2 Å². The smallest absolute Gasteiger partial charge is 0.261 e. The van der Waals surface area contributed by atoms with E-state index in [2.05, 4.69) is 0 Å². The van der Waals surface area contributed by atoms with Crippen LogP contribution in [-0.4, -0.2) is 39.4 Å². The zero-order valence-corrected chi connectivity index (χ0v) is 12.9. The first-order valence-corrected chi connectivity index (χ1v) is 8.51. The largest absolute Gasteiger partial charge is 0.496 e. The van der Waals surface area contributed by atoms with Gasteiger partial charge in [-0.25, -0.2) is 8.42 Å².